The minimum atomic E-state index is -0.0565. The molecule has 2 rings (SSSR count). The molecular formula is C22H28N2O3. The number of anilines is 1. The second-order valence-electron chi connectivity index (χ2n) is 6.47. The number of benzene rings is 2. The molecular weight excluding hydrogens is 340 g/mol. The van der Waals surface area contributed by atoms with E-state index in [9.17, 15) is 4.79 Å². The van der Waals surface area contributed by atoms with Crippen LogP contribution in [0.15, 0.2) is 48.5 Å². The molecule has 0 radical (unpaired) electrons. The van der Waals surface area contributed by atoms with Gasteiger partial charge in [0, 0.05) is 23.4 Å². The second-order valence-corrected chi connectivity index (χ2v) is 6.47. The van der Waals surface area contributed by atoms with Crippen LogP contribution >= 0.6 is 0 Å². The van der Waals surface area contributed by atoms with E-state index in [-0.39, 0.29) is 5.78 Å². The number of carbonyl (C=O) groups excluding carboxylic acids is 1. The number of nitrogens with one attached hydrogen (secondary N) is 1. The molecule has 0 atom stereocenters. The van der Waals surface area contributed by atoms with Crippen molar-refractivity contribution in [3.05, 3.63) is 59.7 Å². The highest BCUT2D eigenvalue weighted by Crippen LogP contribution is 2.25. The molecule has 0 saturated heterocycles. The van der Waals surface area contributed by atoms with Crippen molar-refractivity contribution in [2.24, 2.45) is 0 Å². The summed E-state index contributed by atoms with van der Waals surface area (Å²) in [5, 5.41) is 3.37. The summed E-state index contributed by atoms with van der Waals surface area (Å²) >= 11 is 0. The van der Waals surface area contributed by atoms with Crippen molar-refractivity contribution in [1.82, 2.24) is 4.90 Å². The maximum atomic E-state index is 12.4. The van der Waals surface area contributed by atoms with Crippen LogP contribution in [0.4, 0.5) is 5.69 Å². The van der Waals surface area contributed by atoms with Gasteiger partial charge in [-0.25, -0.2) is 0 Å². The molecule has 0 bridgehead atoms. The number of rotatable bonds is 10. The Kier molecular flexibility index (Phi) is 7.89. The van der Waals surface area contributed by atoms with E-state index in [0.29, 0.717) is 17.1 Å². The van der Waals surface area contributed by atoms with E-state index in [1.807, 2.05) is 42.5 Å². The zero-order chi connectivity index (χ0) is 19.6. The summed E-state index contributed by atoms with van der Waals surface area (Å²) in [6, 6.07) is 13.0. The van der Waals surface area contributed by atoms with Gasteiger partial charge < -0.3 is 19.7 Å². The van der Waals surface area contributed by atoms with Gasteiger partial charge in [0.25, 0.3) is 0 Å². The smallest absolute Gasteiger partial charge is 0.185 e. The van der Waals surface area contributed by atoms with Gasteiger partial charge in [-0.3, -0.25) is 4.79 Å². The average Bonchev–Trinajstić information content (AvgIpc) is 2.69. The van der Waals surface area contributed by atoms with Gasteiger partial charge in [0.1, 0.15) is 11.5 Å². The summed E-state index contributed by atoms with van der Waals surface area (Å²) in [6.45, 7) is 1.95. The van der Waals surface area contributed by atoms with Crippen LogP contribution in [0.25, 0.3) is 6.08 Å². The molecule has 5 nitrogen and oxygen atoms in total. The van der Waals surface area contributed by atoms with Crippen LogP contribution in [0.2, 0.25) is 0 Å². The maximum absolute atomic E-state index is 12.4. The standard InChI is InChI=1S/C22H28N2O3/c1-24(2)15-5-14-23-19-9-6-17(7-10-19)21(25)12-8-18-16-20(26-3)11-13-22(18)27-4/h6-13,16,23H,5,14-15H2,1-4H3. The average molecular weight is 368 g/mol. The van der Waals surface area contributed by atoms with E-state index in [1.165, 1.54) is 0 Å². The van der Waals surface area contributed by atoms with Gasteiger partial charge in [-0.15, -0.1) is 0 Å². The third-order valence-electron chi connectivity index (χ3n) is 4.13. The fourth-order valence-corrected chi connectivity index (χ4v) is 2.61. The van der Waals surface area contributed by atoms with Gasteiger partial charge in [-0.2, -0.15) is 0 Å². The SMILES string of the molecule is COc1ccc(OC)c(C=CC(=O)c2ccc(NCCCN(C)C)cc2)c1. The van der Waals surface area contributed by atoms with Gasteiger partial charge >= 0.3 is 0 Å². The molecule has 27 heavy (non-hydrogen) atoms. The van der Waals surface area contributed by atoms with Crippen molar-refractivity contribution >= 4 is 17.5 Å². The maximum Gasteiger partial charge on any atom is 0.185 e. The van der Waals surface area contributed by atoms with Crippen molar-refractivity contribution in [2.75, 3.05) is 46.7 Å². The number of allylic oxidation sites excluding steroid dienone is 1. The molecule has 2 aromatic rings. The number of ether oxygens (including phenoxy) is 2. The van der Waals surface area contributed by atoms with E-state index in [0.717, 1.165) is 30.8 Å². The molecule has 1 N–H and O–H groups in total. The van der Waals surface area contributed by atoms with E-state index >= 15 is 0 Å². The summed E-state index contributed by atoms with van der Waals surface area (Å²) in [5.41, 5.74) is 2.46. The molecule has 0 aliphatic heterocycles. The van der Waals surface area contributed by atoms with Crippen LogP contribution in [0.5, 0.6) is 11.5 Å². The lowest BCUT2D eigenvalue weighted by Crippen LogP contribution is -2.16. The van der Waals surface area contributed by atoms with E-state index < -0.39 is 0 Å². The molecule has 144 valence electrons. The highest BCUT2D eigenvalue weighted by molar-refractivity contribution is 6.07. The van der Waals surface area contributed by atoms with Crippen LogP contribution in [0.1, 0.15) is 22.3 Å². The highest BCUT2D eigenvalue weighted by Gasteiger charge is 2.05. The number of ketones is 1. The third-order valence-corrected chi connectivity index (χ3v) is 4.13. The van der Waals surface area contributed by atoms with Crippen LogP contribution in [0.3, 0.4) is 0 Å². The lowest BCUT2D eigenvalue weighted by Gasteiger charge is -2.10. The Labute approximate surface area is 161 Å². The van der Waals surface area contributed by atoms with Gasteiger partial charge in [-0.1, -0.05) is 0 Å². The van der Waals surface area contributed by atoms with Gasteiger partial charge in [0.15, 0.2) is 5.78 Å². The van der Waals surface area contributed by atoms with Crippen LogP contribution in [-0.2, 0) is 0 Å². The molecule has 0 heterocycles. The monoisotopic (exact) mass is 368 g/mol. The minimum Gasteiger partial charge on any atom is -0.497 e. The van der Waals surface area contributed by atoms with E-state index in [2.05, 4.69) is 24.3 Å². The normalized spacial score (nSPS) is 11.0. The molecule has 0 amide bonds. The Morgan fingerprint density at radius 2 is 1.81 bits per heavy atom. The van der Waals surface area contributed by atoms with Gasteiger partial charge in [0.05, 0.1) is 14.2 Å². The van der Waals surface area contributed by atoms with Crippen LogP contribution < -0.4 is 14.8 Å². The van der Waals surface area contributed by atoms with Crippen molar-refractivity contribution in [3.8, 4) is 11.5 Å². The quantitative estimate of drug-likeness (QED) is 0.391. The summed E-state index contributed by atoms with van der Waals surface area (Å²) in [7, 11) is 7.34. The summed E-state index contributed by atoms with van der Waals surface area (Å²) < 4.78 is 10.6. The Hall–Kier alpha value is -2.79. The van der Waals surface area contributed by atoms with E-state index in [4.69, 9.17) is 9.47 Å². The molecule has 0 unspecified atom stereocenters. The van der Waals surface area contributed by atoms with E-state index in [1.54, 1.807) is 26.4 Å². The lowest BCUT2D eigenvalue weighted by atomic mass is 10.1. The summed E-state index contributed by atoms with van der Waals surface area (Å²) in [4.78, 5) is 14.6. The first-order valence-corrected chi connectivity index (χ1v) is 8.96. The molecule has 2 aromatic carbocycles. The zero-order valence-corrected chi connectivity index (χ0v) is 16.5. The molecule has 5 heteroatoms. The predicted octanol–water partition coefficient (Wildman–Crippen LogP) is 3.96. The third kappa shape index (κ3) is 6.46. The first-order valence-electron chi connectivity index (χ1n) is 8.96. The van der Waals surface area contributed by atoms with Crippen LogP contribution in [0, 0.1) is 0 Å². The Morgan fingerprint density at radius 1 is 1.07 bits per heavy atom. The molecule has 0 aromatic heterocycles. The predicted molar refractivity (Wildman–Crippen MR) is 111 cm³/mol. The van der Waals surface area contributed by atoms with Gasteiger partial charge in [0.2, 0.25) is 0 Å². The first kappa shape index (κ1) is 20.5. The molecule has 0 aliphatic rings. The Balaban J connectivity index is 1.98. The fourth-order valence-electron chi connectivity index (χ4n) is 2.61. The fraction of sp³-hybridized carbons (Fsp3) is 0.318. The van der Waals surface area contributed by atoms with Crippen molar-refractivity contribution in [1.29, 1.82) is 0 Å². The summed E-state index contributed by atoms with van der Waals surface area (Å²) in [6.07, 6.45) is 4.37. The number of hydrogen-bond acceptors (Lipinski definition) is 5. The topological polar surface area (TPSA) is 50.8 Å². The number of carbonyl (C=O) groups is 1. The summed E-state index contributed by atoms with van der Waals surface area (Å²) in [5.74, 6) is 1.35. The zero-order valence-electron chi connectivity index (χ0n) is 16.5. The number of nitrogens with zero attached hydrogens (tertiary/aromatic N) is 1. The molecule has 0 spiro atoms. The molecule has 0 saturated carbocycles. The highest BCUT2D eigenvalue weighted by atomic mass is 16.5. The minimum absolute atomic E-state index is 0.0565. The van der Waals surface area contributed by atoms with Crippen molar-refractivity contribution < 1.29 is 14.3 Å². The number of hydrogen-bond donors (Lipinski definition) is 1. The Bertz CT molecular complexity index is 768. The molecule has 0 aliphatic carbocycles. The largest absolute Gasteiger partial charge is 0.497 e. The van der Waals surface area contributed by atoms with Crippen molar-refractivity contribution in [3.63, 3.8) is 0 Å². The number of methoxy groups -OCH3 is 2. The van der Waals surface area contributed by atoms with Crippen molar-refractivity contribution in [2.45, 2.75) is 6.42 Å². The second kappa shape index (κ2) is 10.4. The molecule has 0 fully saturated rings. The Morgan fingerprint density at radius 3 is 2.44 bits per heavy atom. The lowest BCUT2D eigenvalue weighted by molar-refractivity contribution is 0.104. The van der Waals surface area contributed by atoms with Crippen LogP contribution in [-0.4, -0.2) is 52.1 Å². The van der Waals surface area contributed by atoms with Gasteiger partial charge in [-0.05, 0) is 81.7 Å². The first-order chi connectivity index (χ1) is 13.0.